The van der Waals surface area contributed by atoms with Crippen molar-refractivity contribution in [1.29, 1.82) is 0 Å². The first-order chi connectivity index (χ1) is 17.8. The van der Waals surface area contributed by atoms with Crippen LogP contribution >= 0.6 is 0 Å². The number of carbonyl (C=O) groups excluding carboxylic acids is 1. The molecule has 2 heterocycles. The van der Waals surface area contributed by atoms with Gasteiger partial charge in [-0.25, -0.2) is 4.39 Å². The van der Waals surface area contributed by atoms with E-state index in [1.165, 1.54) is 24.4 Å². The van der Waals surface area contributed by atoms with Crippen molar-refractivity contribution < 1.29 is 50.0 Å². The summed E-state index contributed by atoms with van der Waals surface area (Å²) in [6.07, 6.45) is -7.69. The third-order valence-electron chi connectivity index (χ3n) is 4.67. The van der Waals surface area contributed by atoms with Crippen molar-refractivity contribution in [3.63, 3.8) is 0 Å². The minimum Gasteiger partial charge on any atom is -0.483 e. The van der Waals surface area contributed by atoms with Gasteiger partial charge in [0, 0.05) is 11.8 Å². The van der Waals surface area contributed by atoms with Crippen LogP contribution in [-0.4, -0.2) is 37.4 Å². The molecule has 2 aromatic heterocycles. The Morgan fingerprint density at radius 3 is 2.42 bits per heavy atom. The van der Waals surface area contributed by atoms with Gasteiger partial charge in [-0.3, -0.25) is 14.3 Å². The van der Waals surface area contributed by atoms with E-state index in [4.69, 9.17) is 14.4 Å². The van der Waals surface area contributed by atoms with Gasteiger partial charge in [0.15, 0.2) is 0 Å². The van der Waals surface area contributed by atoms with Crippen LogP contribution in [-0.2, 0) is 23.7 Å². The van der Waals surface area contributed by atoms with Gasteiger partial charge >= 0.3 is 24.2 Å². The van der Waals surface area contributed by atoms with Crippen LogP contribution in [0.4, 0.5) is 36.4 Å². The third kappa shape index (κ3) is 6.92. The maximum absolute atomic E-state index is 13.3. The number of nitrogens with one attached hydrogen (secondary N) is 1. The molecule has 0 aliphatic carbocycles. The van der Waals surface area contributed by atoms with E-state index in [-0.39, 0.29) is 29.6 Å². The van der Waals surface area contributed by atoms with Crippen molar-refractivity contribution >= 4 is 18.1 Å². The molecule has 16 heteroatoms. The first kappa shape index (κ1) is 27.8. The maximum Gasteiger partial charge on any atom is 0.416 e. The van der Waals surface area contributed by atoms with E-state index >= 15 is 0 Å². The summed E-state index contributed by atoms with van der Waals surface area (Å²) in [4.78, 5) is 24.6. The molecule has 0 bridgehead atoms. The molecule has 1 amide bonds. The first-order valence-corrected chi connectivity index (χ1v) is 10.1. The Kier molecular flexibility index (Phi) is 8.13. The zero-order valence-corrected chi connectivity index (χ0v) is 18.6. The van der Waals surface area contributed by atoms with Crippen molar-refractivity contribution in [2.24, 2.45) is 0 Å². The van der Waals surface area contributed by atoms with E-state index < -0.39 is 53.2 Å². The zero-order valence-electron chi connectivity index (χ0n) is 18.6. The fourth-order valence-corrected chi connectivity index (χ4v) is 3.09. The highest BCUT2D eigenvalue weighted by Gasteiger charge is 2.38. The largest absolute Gasteiger partial charge is 0.483 e. The summed E-state index contributed by atoms with van der Waals surface area (Å²) in [5, 5.41) is 16.6. The van der Waals surface area contributed by atoms with Crippen LogP contribution in [0.2, 0.25) is 0 Å². The molecule has 0 aliphatic rings. The predicted molar refractivity (Wildman–Crippen MR) is 114 cm³/mol. The molecule has 0 saturated carbocycles. The smallest absolute Gasteiger partial charge is 0.416 e. The molecule has 2 N–H and O–H groups in total. The average Bonchev–Trinajstić information content (AvgIpc) is 3.48. The number of rotatable bonds is 5. The topological polar surface area (TPSA) is 123 Å². The van der Waals surface area contributed by atoms with Crippen molar-refractivity contribution in [1.82, 2.24) is 19.9 Å². The minimum absolute atomic E-state index is 0.0350. The fourth-order valence-electron chi connectivity index (χ4n) is 3.09. The lowest BCUT2D eigenvalue weighted by Crippen LogP contribution is -2.15. The van der Waals surface area contributed by atoms with Gasteiger partial charge in [0.25, 0.3) is 6.47 Å². The molecular weight excluding hydrogens is 531 g/mol. The molecule has 2 aromatic carbocycles. The number of alkyl halides is 6. The standard InChI is InChI=1S/C21H12F7N5O2.CH2O2/c22-14-3-1-2-11(6-14)17-31-19(35-32-17)18(34)30-15-8-29-33(10-15)9-12-4-5-13(20(23,24)25)7-16(12)21(26,27)28;2-1-3/h1-8,10H,9H2,(H,30,34);1H,(H,2,3). The molecule has 0 aliphatic heterocycles. The summed E-state index contributed by atoms with van der Waals surface area (Å²) in [6, 6.07) is 6.55. The van der Waals surface area contributed by atoms with Gasteiger partial charge in [-0.05, 0) is 29.8 Å². The quantitative estimate of drug-likeness (QED) is 0.264. The number of carboxylic acid groups (broad SMARTS) is 1. The molecule has 0 fully saturated rings. The number of aromatic nitrogens is 4. The van der Waals surface area contributed by atoms with Gasteiger partial charge in [-0.2, -0.15) is 36.4 Å². The molecule has 0 spiro atoms. The van der Waals surface area contributed by atoms with E-state index in [0.29, 0.717) is 6.07 Å². The van der Waals surface area contributed by atoms with Gasteiger partial charge < -0.3 is 14.9 Å². The van der Waals surface area contributed by atoms with E-state index in [2.05, 4.69) is 20.6 Å². The Balaban J connectivity index is 0.00000127. The normalized spacial score (nSPS) is 11.4. The second-order valence-electron chi connectivity index (χ2n) is 7.29. The van der Waals surface area contributed by atoms with E-state index in [9.17, 15) is 35.5 Å². The monoisotopic (exact) mass is 545 g/mol. The van der Waals surface area contributed by atoms with Crippen molar-refractivity contribution in [3.8, 4) is 11.4 Å². The van der Waals surface area contributed by atoms with Gasteiger partial charge in [0.1, 0.15) is 5.82 Å². The third-order valence-corrected chi connectivity index (χ3v) is 4.67. The summed E-state index contributed by atoms with van der Waals surface area (Å²) in [6.45, 7) is -0.771. The molecule has 200 valence electrons. The van der Waals surface area contributed by atoms with Gasteiger partial charge in [-0.1, -0.05) is 23.4 Å². The highest BCUT2D eigenvalue weighted by Crippen LogP contribution is 2.37. The van der Waals surface area contributed by atoms with Crippen LogP contribution in [0.5, 0.6) is 0 Å². The number of halogens is 7. The molecule has 4 aromatic rings. The lowest BCUT2D eigenvalue weighted by atomic mass is 10.0. The highest BCUT2D eigenvalue weighted by molar-refractivity contribution is 6.00. The zero-order chi connectivity index (χ0) is 28.1. The summed E-state index contributed by atoms with van der Waals surface area (Å²) in [5.74, 6) is -1.94. The fraction of sp³-hybridized carbons (Fsp3) is 0.136. The summed E-state index contributed by atoms with van der Waals surface area (Å²) >= 11 is 0. The molecule has 0 unspecified atom stereocenters. The van der Waals surface area contributed by atoms with Gasteiger partial charge in [0.2, 0.25) is 5.82 Å². The van der Waals surface area contributed by atoms with Crippen LogP contribution in [0.1, 0.15) is 27.4 Å². The highest BCUT2D eigenvalue weighted by atomic mass is 19.4. The molecule has 0 atom stereocenters. The number of benzene rings is 2. The second-order valence-corrected chi connectivity index (χ2v) is 7.29. The van der Waals surface area contributed by atoms with E-state index in [0.717, 1.165) is 23.0 Å². The lowest BCUT2D eigenvalue weighted by Gasteiger charge is -2.16. The minimum atomic E-state index is -5.03. The van der Waals surface area contributed by atoms with Crippen LogP contribution in [0.15, 0.2) is 59.4 Å². The Hall–Kier alpha value is -4.76. The Labute approximate surface area is 207 Å². The second kappa shape index (κ2) is 11.1. The first-order valence-electron chi connectivity index (χ1n) is 10.1. The van der Waals surface area contributed by atoms with Crippen LogP contribution < -0.4 is 5.32 Å². The molecular formula is C22H14F7N5O4. The number of hydrogen-bond acceptors (Lipinski definition) is 6. The summed E-state index contributed by atoms with van der Waals surface area (Å²) < 4.78 is 97.7. The SMILES string of the molecule is O=C(Nc1cnn(Cc2ccc(C(F)(F)F)cc2C(F)(F)F)c1)c1nc(-c2cccc(F)c2)no1.O=CO. The lowest BCUT2D eigenvalue weighted by molar-refractivity contribution is -0.143. The number of anilines is 1. The van der Waals surface area contributed by atoms with Crippen molar-refractivity contribution in [3.05, 3.63) is 83.3 Å². The number of hydrogen-bond donors (Lipinski definition) is 2. The molecule has 0 saturated heterocycles. The molecule has 38 heavy (non-hydrogen) atoms. The van der Waals surface area contributed by atoms with Crippen LogP contribution in [0.25, 0.3) is 11.4 Å². The predicted octanol–water partition coefficient (Wildman–Crippen LogP) is 5.11. The number of amides is 1. The average molecular weight is 545 g/mol. The molecule has 0 radical (unpaired) electrons. The Morgan fingerprint density at radius 1 is 1.08 bits per heavy atom. The molecule has 4 rings (SSSR count). The number of nitrogens with zero attached hydrogens (tertiary/aromatic N) is 4. The van der Waals surface area contributed by atoms with E-state index in [1.807, 2.05) is 0 Å². The van der Waals surface area contributed by atoms with Gasteiger partial charge in [-0.15, -0.1) is 0 Å². The molecule has 9 nitrogen and oxygen atoms in total. The number of carbonyl (C=O) groups is 2. The maximum atomic E-state index is 13.3. The van der Waals surface area contributed by atoms with E-state index in [1.54, 1.807) is 0 Å². The Bertz CT molecular complexity index is 1430. The summed E-state index contributed by atoms with van der Waals surface area (Å²) in [7, 11) is 0. The van der Waals surface area contributed by atoms with Crippen molar-refractivity contribution in [2.75, 3.05) is 5.32 Å². The summed E-state index contributed by atoms with van der Waals surface area (Å²) in [5.41, 5.74) is -3.04. The van der Waals surface area contributed by atoms with Crippen LogP contribution in [0.3, 0.4) is 0 Å². The van der Waals surface area contributed by atoms with Gasteiger partial charge in [0.05, 0.1) is 29.6 Å². The van der Waals surface area contributed by atoms with Crippen molar-refractivity contribution in [2.45, 2.75) is 18.9 Å². The Morgan fingerprint density at radius 2 is 1.79 bits per heavy atom. The van der Waals surface area contributed by atoms with Crippen LogP contribution in [0, 0.1) is 5.82 Å².